The fourth-order valence-corrected chi connectivity index (χ4v) is 8.99. The van der Waals surface area contributed by atoms with E-state index in [4.69, 9.17) is 0 Å². The Morgan fingerprint density at radius 3 is 1.29 bits per heavy atom. The molecule has 0 amide bonds. The number of benzene rings is 4. The molecule has 0 spiro atoms. The molecule has 240 valence electrons. The average Bonchev–Trinajstić information content (AvgIpc) is 2.98. The van der Waals surface area contributed by atoms with E-state index in [1.165, 1.54) is 12.1 Å². The van der Waals surface area contributed by atoms with Crippen molar-refractivity contribution in [1.29, 1.82) is 0 Å². The van der Waals surface area contributed by atoms with Gasteiger partial charge in [0.1, 0.15) is 12.1 Å². The van der Waals surface area contributed by atoms with E-state index in [2.05, 4.69) is 9.44 Å². The molecule has 0 saturated heterocycles. The number of nitrogens with one attached hydrogen (secondary N) is 2. The number of carboxylic acid groups (broad SMARTS) is 2. The van der Waals surface area contributed by atoms with E-state index in [-0.39, 0.29) is 21.3 Å². The van der Waals surface area contributed by atoms with Crippen LogP contribution in [0.1, 0.15) is 0 Å². The monoisotopic (exact) mass is 674 g/mol. The second-order valence-corrected chi connectivity index (χ2v) is 15.0. The smallest absolute Gasteiger partial charge is 0.322 e. The number of carbonyl (C=O) groups is 2. The molecule has 0 radical (unpaired) electrons. The van der Waals surface area contributed by atoms with Crippen molar-refractivity contribution < 1.29 is 36.6 Å². The molecular formula is C30H34N4O8S3. The highest BCUT2D eigenvalue weighted by Gasteiger charge is 2.30. The maximum atomic E-state index is 13.4. The molecule has 12 nitrogen and oxygen atoms in total. The summed E-state index contributed by atoms with van der Waals surface area (Å²) >= 11 is 0.789. The molecule has 0 bridgehead atoms. The summed E-state index contributed by atoms with van der Waals surface area (Å²) in [7, 11) is -1.38. The maximum absolute atomic E-state index is 13.4. The van der Waals surface area contributed by atoms with E-state index in [1.807, 2.05) is 50.1 Å². The number of carboxylic acids is 2. The minimum Gasteiger partial charge on any atom is -0.480 e. The first-order valence-corrected chi connectivity index (χ1v) is 17.7. The zero-order chi connectivity index (χ0) is 33.1. The number of fused-ring (bicyclic) bond motifs is 2. The minimum absolute atomic E-state index is 0.108. The quantitative estimate of drug-likeness (QED) is 0.155. The Hall–Kier alpha value is -3.89. The van der Waals surface area contributed by atoms with Crippen LogP contribution < -0.4 is 19.2 Å². The Kier molecular flexibility index (Phi) is 10.3. The minimum atomic E-state index is -4.33. The molecule has 4 N–H and O–H groups in total. The average molecular weight is 675 g/mol. The number of sulfonamides is 2. The van der Waals surface area contributed by atoms with E-state index in [0.29, 0.717) is 21.5 Å². The van der Waals surface area contributed by atoms with Crippen molar-refractivity contribution >= 4 is 76.7 Å². The van der Waals surface area contributed by atoms with Crippen LogP contribution in [0.5, 0.6) is 0 Å². The van der Waals surface area contributed by atoms with E-state index < -0.39 is 44.1 Å². The van der Waals surface area contributed by atoms with Crippen LogP contribution in [0.2, 0.25) is 0 Å². The molecule has 0 aliphatic carbocycles. The number of hydrogen-bond acceptors (Lipinski definition) is 9. The van der Waals surface area contributed by atoms with Gasteiger partial charge in [0.05, 0.1) is 9.79 Å². The molecule has 4 aromatic rings. The van der Waals surface area contributed by atoms with Crippen LogP contribution in [0.4, 0.5) is 11.4 Å². The van der Waals surface area contributed by atoms with Crippen molar-refractivity contribution in [2.75, 3.05) is 49.5 Å². The first kappa shape index (κ1) is 34.0. The van der Waals surface area contributed by atoms with E-state index in [9.17, 15) is 36.6 Å². The Morgan fingerprint density at radius 1 is 0.622 bits per heavy atom. The summed E-state index contributed by atoms with van der Waals surface area (Å²) in [4.78, 5) is 27.6. The van der Waals surface area contributed by atoms with Crippen molar-refractivity contribution in [2.24, 2.45) is 0 Å². The summed E-state index contributed by atoms with van der Waals surface area (Å²) in [6.45, 7) is 0. The number of anilines is 2. The van der Waals surface area contributed by atoms with E-state index in [1.54, 1.807) is 48.5 Å². The molecule has 0 saturated carbocycles. The fourth-order valence-electron chi connectivity index (χ4n) is 4.89. The van der Waals surface area contributed by atoms with Gasteiger partial charge in [-0.25, -0.2) is 16.8 Å². The van der Waals surface area contributed by atoms with Crippen molar-refractivity contribution in [1.82, 2.24) is 9.44 Å². The summed E-state index contributed by atoms with van der Waals surface area (Å²) in [5, 5.41) is 21.7. The summed E-state index contributed by atoms with van der Waals surface area (Å²) in [5.41, 5.74) is 1.55. The molecule has 4 aromatic carbocycles. The Morgan fingerprint density at radius 2 is 0.956 bits per heavy atom. The predicted octanol–water partition coefficient (Wildman–Crippen LogP) is 3.02. The molecule has 2 unspecified atom stereocenters. The zero-order valence-electron chi connectivity index (χ0n) is 25.0. The van der Waals surface area contributed by atoms with Gasteiger partial charge in [-0.15, -0.1) is 0 Å². The third kappa shape index (κ3) is 7.50. The van der Waals surface area contributed by atoms with Gasteiger partial charge in [0.2, 0.25) is 20.0 Å². The van der Waals surface area contributed by atoms with Gasteiger partial charge in [0.15, 0.2) is 0 Å². The standard InChI is InChI=1S/C30H34N4O8S3/c1-33(2)25-13-5-11-21-19(25)9-7-15-27(21)44(39,40)31-23(29(35)36)17-43-18-24(30(37)38)32-45(41,42)28-16-8-10-20-22(28)12-6-14-26(20)34(3)4/h5-16,23-24,31-32H,17-18H2,1-4H3,(H,35,36)(H,37,38). The highest BCUT2D eigenvalue weighted by atomic mass is 32.2. The fraction of sp³-hybridized carbons (Fsp3) is 0.267. The lowest BCUT2D eigenvalue weighted by Crippen LogP contribution is -2.45. The third-order valence-electron chi connectivity index (χ3n) is 7.02. The third-order valence-corrected chi connectivity index (χ3v) is 11.2. The van der Waals surface area contributed by atoms with E-state index >= 15 is 0 Å². The maximum Gasteiger partial charge on any atom is 0.322 e. The summed E-state index contributed by atoms with van der Waals surface area (Å²) in [6.07, 6.45) is 0. The largest absolute Gasteiger partial charge is 0.480 e. The first-order valence-electron chi connectivity index (χ1n) is 13.6. The number of thioether (sulfide) groups is 1. The van der Waals surface area contributed by atoms with Crippen LogP contribution in [0.25, 0.3) is 21.5 Å². The van der Waals surface area contributed by atoms with Gasteiger partial charge in [0, 0.05) is 72.6 Å². The highest BCUT2D eigenvalue weighted by molar-refractivity contribution is 7.99. The molecule has 0 aliphatic rings. The van der Waals surface area contributed by atoms with Gasteiger partial charge in [-0.1, -0.05) is 48.5 Å². The van der Waals surface area contributed by atoms with Crippen molar-refractivity contribution in [3.05, 3.63) is 72.8 Å². The van der Waals surface area contributed by atoms with Gasteiger partial charge in [0.25, 0.3) is 0 Å². The van der Waals surface area contributed by atoms with Crippen molar-refractivity contribution in [3.8, 4) is 0 Å². The van der Waals surface area contributed by atoms with Crippen LogP contribution >= 0.6 is 11.8 Å². The predicted molar refractivity (Wildman–Crippen MR) is 177 cm³/mol. The van der Waals surface area contributed by atoms with Crippen molar-refractivity contribution in [2.45, 2.75) is 21.9 Å². The molecule has 0 fully saturated rings. The second-order valence-electron chi connectivity index (χ2n) is 10.6. The molecular weight excluding hydrogens is 641 g/mol. The van der Waals surface area contributed by atoms with Gasteiger partial charge >= 0.3 is 11.9 Å². The van der Waals surface area contributed by atoms with Crippen LogP contribution in [-0.4, -0.2) is 90.8 Å². The number of hydrogen-bond donors (Lipinski definition) is 4. The van der Waals surface area contributed by atoms with Crippen LogP contribution in [0.3, 0.4) is 0 Å². The van der Waals surface area contributed by atoms with Crippen molar-refractivity contribution in [3.63, 3.8) is 0 Å². The normalized spacial score (nSPS) is 13.4. The first-order chi connectivity index (χ1) is 21.1. The lowest BCUT2D eigenvalue weighted by Gasteiger charge is -2.20. The lowest BCUT2D eigenvalue weighted by atomic mass is 10.1. The molecule has 0 aliphatic heterocycles. The number of aliphatic carboxylic acids is 2. The van der Waals surface area contributed by atoms with Crippen LogP contribution in [0, 0.1) is 0 Å². The Labute approximate surface area is 266 Å². The number of rotatable bonds is 14. The van der Waals surface area contributed by atoms with Gasteiger partial charge < -0.3 is 20.0 Å². The van der Waals surface area contributed by atoms with Gasteiger partial charge in [-0.2, -0.15) is 21.2 Å². The summed E-state index contributed by atoms with van der Waals surface area (Å²) < 4.78 is 57.9. The van der Waals surface area contributed by atoms with E-state index in [0.717, 1.165) is 23.1 Å². The van der Waals surface area contributed by atoms with Crippen LogP contribution in [-0.2, 0) is 29.6 Å². The molecule has 4 rings (SSSR count). The lowest BCUT2D eigenvalue weighted by molar-refractivity contribution is -0.139. The summed E-state index contributed by atoms with van der Waals surface area (Å²) in [5.74, 6) is -3.68. The molecule has 2 atom stereocenters. The second kappa shape index (κ2) is 13.6. The SMILES string of the molecule is CN(C)c1cccc2c(S(=O)(=O)NC(CSCC(NS(=O)(=O)c3cccc4c(N(C)C)cccc34)C(=O)O)C(=O)O)cccc12. The van der Waals surface area contributed by atoms with Gasteiger partial charge in [-0.3, -0.25) is 9.59 Å². The molecule has 45 heavy (non-hydrogen) atoms. The molecule has 15 heteroatoms. The van der Waals surface area contributed by atoms with Gasteiger partial charge in [-0.05, 0) is 24.3 Å². The highest BCUT2D eigenvalue weighted by Crippen LogP contribution is 2.31. The number of nitrogens with zero attached hydrogens (tertiary/aromatic N) is 2. The molecule has 0 heterocycles. The Bertz CT molecular complexity index is 1820. The topological polar surface area (TPSA) is 173 Å². The van der Waals surface area contributed by atoms with Crippen LogP contribution in [0.15, 0.2) is 82.6 Å². The molecule has 0 aromatic heterocycles. The Balaban J connectivity index is 1.52. The summed E-state index contributed by atoms with van der Waals surface area (Å²) in [6, 6.07) is 16.5. The zero-order valence-corrected chi connectivity index (χ0v) is 27.4.